The molecule has 1 rings (SSSR count). The third-order valence-electron chi connectivity index (χ3n) is 1.67. The van der Waals surface area contributed by atoms with Crippen LogP contribution in [0.15, 0.2) is 24.3 Å². The molecule has 96 valence electrons. The normalized spacial score (nSPS) is 10.4. The SMILES string of the molecule is Cc1ccc(CNN)cc1.O=C(O)C(F)(F)F. The highest BCUT2D eigenvalue weighted by molar-refractivity contribution is 5.73. The van der Waals surface area contributed by atoms with Crippen molar-refractivity contribution in [2.75, 3.05) is 0 Å². The lowest BCUT2D eigenvalue weighted by Crippen LogP contribution is -2.21. The molecule has 0 amide bonds. The van der Waals surface area contributed by atoms with Gasteiger partial charge < -0.3 is 5.11 Å². The van der Waals surface area contributed by atoms with E-state index < -0.39 is 12.1 Å². The maximum atomic E-state index is 10.6. The van der Waals surface area contributed by atoms with Gasteiger partial charge in [0.15, 0.2) is 0 Å². The van der Waals surface area contributed by atoms with Gasteiger partial charge in [-0.1, -0.05) is 29.8 Å². The molecule has 0 aliphatic rings. The van der Waals surface area contributed by atoms with Gasteiger partial charge in [-0.2, -0.15) is 13.2 Å². The minimum atomic E-state index is -5.08. The Morgan fingerprint density at radius 2 is 1.76 bits per heavy atom. The standard InChI is InChI=1S/C8H12N2.C2HF3O2/c1-7-2-4-8(5-3-7)6-10-9;3-2(4,5)1(6)7/h2-5,10H,6,9H2,1H3;(H,6,7). The Bertz CT molecular complexity index is 350. The van der Waals surface area contributed by atoms with Crippen LogP contribution in [0.25, 0.3) is 0 Å². The highest BCUT2D eigenvalue weighted by Gasteiger charge is 2.38. The number of carbonyl (C=O) groups is 1. The second kappa shape index (κ2) is 6.87. The molecule has 17 heavy (non-hydrogen) atoms. The Labute approximate surface area is 96.2 Å². The fraction of sp³-hybridized carbons (Fsp3) is 0.300. The van der Waals surface area contributed by atoms with Crippen LogP contribution in [0.5, 0.6) is 0 Å². The van der Waals surface area contributed by atoms with Crippen molar-refractivity contribution in [1.29, 1.82) is 0 Å². The van der Waals surface area contributed by atoms with Gasteiger partial charge in [0.1, 0.15) is 0 Å². The minimum Gasteiger partial charge on any atom is -0.475 e. The predicted octanol–water partition coefficient (Wildman–Crippen LogP) is 1.59. The molecule has 1 aromatic rings. The molecule has 0 aliphatic heterocycles. The number of rotatable bonds is 2. The van der Waals surface area contributed by atoms with E-state index in [4.69, 9.17) is 15.7 Å². The van der Waals surface area contributed by atoms with Crippen molar-refractivity contribution in [3.8, 4) is 0 Å². The molecule has 0 unspecified atom stereocenters. The molecular formula is C10H13F3N2O2. The molecule has 0 aromatic heterocycles. The zero-order valence-corrected chi connectivity index (χ0v) is 9.08. The van der Waals surface area contributed by atoms with E-state index in [0.29, 0.717) is 0 Å². The maximum Gasteiger partial charge on any atom is 0.490 e. The summed E-state index contributed by atoms with van der Waals surface area (Å²) in [5.74, 6) is 2.39. The van der Waals surface area contributed by atoms with Crippen molar-refractivity contribution >= 4 is 5.97 Å². The van der Waals surface area contributed by atoms with Crippen LogP contribution in [0.1, 0.15) is 11.1 Å². The Balaban J connectivity index is 0.000000325. The van der Waals surface area contributed by atoms with Crippen molar-refractivity contribution in [1.82, 2.24) is 5.43 Å². The summed E-state index contributed by atoms with van der Waals surface area (Å²) >= 11 is 0. The van der Waals surface area contributed by atoms with Gasteiger partial charge in [0, 0.05) is 6.54 Å². The number of alkyl halides is 3. The van der Waals surface area contributed by atoms with E-state index in [0.717, 1.165) is 6.54 Å². The van der Waals surface area contributed by atoms with E-state index in [1.807, 2.05) is 0 Å². The summed E-state index contributed by atoms with van der Waals surface area (Å²) in [6, 6.07) is 8.28. The summed E-state index contributed by atoms with van der Waals surface area (Å²) in [5, 5.41) is 7.12. The van der Waals surface area contributed by atoms with E-state index in [-0.39, 0.29) is 0 Å². The molecule has 0 spiro atoms. The number of aryl methyl sites for hydroxylation is 1. The summed E-state index contributed by atoms with van der Waals surface area (Å²) in [7, 11) is 0. The van der Waals surface area contributed by atoms with Gasteiger partial charge in [-0.3, -0.25) is 11.3 Å². The molecule has 0 atom stereocenters. The second-order valence-electron chi connectivity index (χ2n) is 3.17. The highest BCUT2D eigenvalue weighted by Crippen LogP contribution is 2.13. The van der Waals surface area contributed by atoms with Crippen LogP contribution in [0.3, 0.4) is 0 Å². The van der Waals surface area contributed by atoms with Gasteiger partial charge in [-0.25, -0.2) is 4.79 Å². The van der Waals surface area contributed by atoms with E-state index in [2.05, 4.69) is 36.6 Å². The number of nitrogens with one attached hydrogen (secondary N) is 1. The zero-order chi connectivity index (χ0) is 13.5. The third kappa shape index (κ3) is 7.31. The number of carboxylic acids is 1. The summed E-state index contributed by atoms with van der Waals surface area (Å²) in [6.45, 7) is 2.81. The van der Waals surface area contributed by atoms with Crippen LogP contribution >= 0.6 is 0 Å². The largest absolute Gasteiger partial charge is 0.490 e. The number of halogens is 3. The number of benzene rings is 1. The maximum absolute atomic E-state index is 10.6. The van der Waals surface area contributed by atoms with E-state index in [1.165, 1.54) is 11.1 Å². The van der Waals surface area contributed by atoms with E-state index in [1.54, 1.807) is 0 Å². The fourth-order valence-corrected chi connectivity index (χ4v) is 0.824. The fourth-order valence-electron chi connectivity index (χ4n) is 0.824. The van der Waals surface area contributed by atoms with Gasteiger partial charge >= 0.3 is 12.1 Å². The molecule has 0 saturated carbocycles. The van der Waals surface area contributed by atoms with E-state index >= 15 is 0 Å². The lowest BCUT2D eigenvalue weighted by Gasteiger charge is -1.98. The quantitative estimate of drug-likeness (QED) is 0.550. The van der Waals surface area contributed by atoms with Crippen molar-refractivity contribution < 1.29 is 23.1 Å². The van der Waals surface area contributed by atoms with Crippen molar-refractivity contribution in [2.45, 2.75) is 19.6 Å². The molecule has 4 nitrogen and oxygen atoms in total. The summed E-state index contributed by atoms with van der Waals surface area (Å²) in [4.78, 5) is 8.90. The first-order chi connectivity index (χ1) is 7.77. The molecule has 0 aliphatic carbocycles. The Morgan fingerprint density at radius 3 is 2.06 bits per heavy atom. The van der Waals surface area contributed by atoms with E-state index in [9.17, 15) is 13.2 Å². The number of carboxylic acid groups (broad SMARTS) is 1. The second-order valence-corrected chi connectivity index (χ2v) is 3.17. The number of nitrogens with two attached hydrogens (primary N) is 1. The first-order valence-corrected chi connectivity index (χ1v) is 4.56. The molecule has 4 N–H and O–H groups in total. The van der Waals surface area contributed by atoms with Crippen LogP contribution in [0.4, 0.5) is 13.2 Å². The van der Waals surface area contributed by atoms with Crippen LogP contribution in [0, 0.1) is 6.92 Å². The predicted molar refractivity (Wildman–Crippen MR) is 55.9 cm³/mol. The lowest BCUT2D eigenvalue weighted by atomic mass is 10.2. The highest BCUT2D eigenvalue weighted by atomic mass is 19.4. The van der Waals surface area contributed by atoms with Crippen LogP contribution in [0.2, 0.25) is 0 Å². The first-order valence-electron chi connectivity index (χ1n) is 4.56. The van der Waals surface area contributed by atoms with Gasteiger partial charge in [-0.05, 0) is 12.5 Å². The topological polar surface area (TPSA) is 75.3 Å². The van der Waals surface area contributed by atoms with Gasteiger partial charge in [0.05, 0.1) is 0 Å². The van der Waals surface area contributed by atoms with Crippen molar-refractivity contribution in [3.63, 3.8) is 0 Å². The summed E-state index contributed by atoms with van der Waals surface area (Å²) < 4.78 is 31.7. The molecule has 0 radical (unpaired) electrons. The Hall–Kier alpha value is -1.60. The molecule has 7 heteroatoms. The van der Waals surface area contributed by atoms with Gasteiger partial charge in [0.25, 0.3) is 0 Å². The number of aliphatic carboxylic acids is 1. The molecular weight excluding hydrogens is 237 g/mol. The molecule has 0 heterocycles. The average molecular weight is 250 g/mol. The smallest absolute Gasteiger partial charge is 0.475 e. The molecule has 0 fully saturated rings. The molecule has 0 saturated heterocycles. The number of hydrogen-bond donors (Lipinski definition) is 3. The van der Waals surface area contributed by atoms with Crippen LogP contribution in [-0.4, -0.2) is 17.3 Å². The van der Waals surface area contributed by atoms with Gasteiger partial charge in [0.2, 0.25) is 0 Å². The average Bonchev–Trinajstić information content (AvgIpc) is 2.21. The number of hydrazine groups is 1. The number of hydrogen-bond acceptors (Lipinski definition) is 3. The van der Waals surface area contributed by atoms with Crippen LogP contribution < -0.4 is 11.3 Å². The molecule has 0 bridgehead atoms. The lowest BCUT2D eigenvalue weighted by molar-refractivity contribution is -0.192. The Kier molecular flexibility index (Phi) is 6.22. The van der Waals surface area contributed by atoms with Crippen molar-refractivity contribution in [3.05, 3.63) is 35.4 Å². The summed E-state index contributed by atoms with van der Waals surface area (Å²) in [5.41, 5.74) is 5.10. The molecule has 1 aromatic carbocycles. The summed E-state index contributed by atoms with van der Waals surface area (Å²) in [6.07, 6.45) is -5.08. The third-order valence-corrected chi connectivity index (χ3v) is 1.67. The monoisotopic (exact) mass is 250 g/mol. The minimum absolute atomic E-state index is 0.736. The van der Waals surface area contributed by atoms with Gasteiger partial charge in [-0.15, -0.1) is 0 Å². The Morgan fingerprint density at radius 1 is 1.35 bits per heavy atom. The van der Waals surface area contributed by atoms with Crippen LogP contribution in [-0.2, 0) is 11.3 Å². The zero-order valence-electron chi connectivity index (χ0n) is 9.08. The van der Waals surface area contributed by atoms with Crippen molar-refractivity contribution in [2.24, 2.45) is 5.84 Å². The first kappa shape index (κ1) is 15.4.